The average Bonchev–Trinajstić information content (AvgIpc) is 2.53. The lowest BCUT2D eigenvalue weighted by atomic mass is 9.84. The van der Waals surface area contributed by atoms with Gasteiger partial charge in [0.25, 0.3) is 5.91 Å². The van der Waals surface area contributed by atoms with Gasteiger partial charge in [-0.3, -0.25) is 4.79 Å². The molecule has 20 heavy (non-hydrogen) atoms. The van der Waals surface area contributed by atoms with E-state index >= 15 is 0 Å². The molecular weight excluding hydrogens is 248 g/mol. The molecule has 106 valence electrons. The van der Waals surface area contributed by atoms with Gasteiger partial charge in [-0.05, 0) is 36.8 Å². The van der Waals surface area contributed by atoms with Crippen LogP contribution in [-0.4, -0.2) is 11.9 Å². The minimum absolute atomic E-state index is 0.112. The topological polar surface area (TPSA) is 52.9 Å². The van der Waals surface area contributed by atoms with E-state index in [1.54, 1.807) is 0 Å². The number of benzene rings is 1. The molecule has 1 aromatic carbocycles. The second-order valence-electron chi connectivity index (χ2n) is 5.49. The summed E-state index contributed by atoms with van der Waals surface area (Å²) in [6.45, 7) is 2.04. The highest BCUT2D eigenvalue weighted by atomic mass is 16.1. The van der Waals surface area contributed by atoms with Crippen LogP contribution in [0.3, 0.4) is 0 Å². The van der Waals surface area contributed by atoms with E-state index in [1.807, 2.05) is 31.2 Å². The van der Waals surface area contributed by atoms with Crippen LogP contribution in [-0.2, 0) is 6.42 Å². The normalized spacial score (nSPS) is 17.2. The molecule has 0 bridgehead atoms. The number of carbonyl (C=O) groups is 1. The summed E-state index contributed by atoms with van der Waals surface area (Å²) in [7, 11) is 0. The molecule has 1 aliphatic carbocycles. The van der Waals surface area contributed by atoms with Crippen LogP contribution in [0.1, 0.15) is 54.9 Å². The first-order valence-corrected chi connectivity index (χ1v) is 7.54. The molecule has 2 rings (SSSR count). The van der Waals surface area contributed by atoms with Gasteiger partial charge in [0.15, 0.2) is 0 Å². The van der Waals surface area contributed by atoms with E-state index in [-0.39, 0.29) is 11.9 Å². The van der Waals surface area contributed by atoms with Gasteiger partial charge in [0.1, 0.15) is 6.04 Å². The van der Waals surface area contributed by atoms with Crippen LogP contribution < -0.4 is 5.32 Å². The fraction of sp³-hybridized carbons (Fsp3) is 0.529. The summed E-state index contributed by atoms with van der Waals surface area (Å²) < 4.78 is 0. The van der Waals surface area contributed by atoms with Crippen molar-refractivity contribution < 1.29 is 4.79 Å². The van der Waals surface area contributed by atoms with Gasteiger partial charge in [-0.2, -0.15) is 5.26 Å². The Labute approximate surface area is 121 Å². The van der Waals surface area contributed by atoms with Crippen molar-refractivity contribution in [1.29, 1.82) is 5.26 Å². The van der Waals surface area contributed by atoms with E-state index in [0.717, 1.165) is 24.8 Å². The largest absolute Gasteiger partial charge is 0.336 e. The zero-order chi connectivity index (χ0) is 14.4. The molecule has 1 unspecified atom stereocenters. The van der Waals surface area contributed by atoms with Gasteiger partial charge in [-0.25, -0.2) is 0 Å². The van der Waals surface area contributed by atoms with Gasteiger partial charge in [-0.1, -0.05) is 44.4 Å². The van der Waals surface area contributed by atoms with Crippen LogP contribution in [0.5, 0.6) is 0 Å². The Morgan fingerprint density at radius 1 is 1.35 bits per heavy atom. The SMILES string of the molecule is CCc1ccccc1C(=O)NC(C#N)C1CCCCC1. The number of hydrogen-bond acceptors (Lipinski definition) is 2. The molecule has 0 spiro atoms. The Morgan fingerprint density at radius 2 is 2.05 bits per heavy atom. The van der Waals surface area contributed by atoms with Gasteiger partial charge in [0.05, 0.1) is 6.07 Å². The molecule has 0 saturated heterocycles. The van der Waals surface area contributed by atoms with E-state index in [1.165, 1.54) is 19.3 Å². The number of nitrogens with one attached hydrogen (secondary N) is 1. The molecule has 1 amide bonds. The second kappa shape index (κ2) is 7.09. The molecule has 1 aliphatic rings. The van der Waals surface area contributed by atoms with E-state index in [2.05, 4.69) is 11.4 Å². The van der Waals surface area contributed by atoms with Gasteiger partial charge in [-0.15, -0.1) is 0 Å². The van der Waals surface area contributed by atoms with E-state index in [0.29, 0.717) is 11.5 Å². The maximum absolute atomic E-state index is 12.4. The monoisotopic (exact) mass is 270 g/mol. The Bertz CT molecular complexity index is 498. The van der Waals surface area contributed by atoms with Crippen molar-refractivity contribution in [2.24, 2.45) is 5.92 Å². The molecule has 0 aliphatic heterocycles. The van der Waals surface area contributed by atoms with Crippen LogP contribution in [0.2, 0.25) is 0 Å². The van der Waals surface area contributed by atoms with E-state index in [4.69, 9.17) is 0 Å². The maximum Gasteiger partial charge on any atom is 0.252 e. The summed E-state index contributed by atoms with van der Waals surface area (Å²) in [6, 6.07) is 9.54. The molecular formula is C17H22N2O. The molecule has 3 nitrogen and oxygen atoms in total. The minimum Gasteiger partial charge on any atom is -0.336 e. The quantitative estimate of drug-likeness (QED) is 0.911. The molecule has 1 N–H and O–H groups in total. The van der Waals surface area contributed by atoms with Gasteiger partial charge in [0.2, 0.25) is 0 Å². The van der Waals surface area contributed by atoms with E-state index < -0.39 is 0 Å². The van der Waals surface area contributed by atoms with Gasteiger partial charge < -0.3 is 5.32 Å². The Balaban J connectivity index is 2.07. The smallest absolute Gasteiger partial charge is 0.252 e. The fourth-order valence-electron chi connectivity index (χ4n) is 2.99. The van der Waals surface area contributed by atoms with Crippen molar-refractivity contribution >= 4 is 5.91 Å². The standard InChI is InChI=1S/C17H22N2O/c1-2-13-8-6-7-11-15(13)17(20)19-16(12-18)14-9-4-3-5-10-14/h6-8,11,14,16H,2-5,9-10H2,1H3,(H,19,20). The van der Waals surface area contributed by atoms with Gasteiger partial charge >= 0.3 is 0 Å². The second-order valence-corrected chi connectivity index (χ2v) is 5.49. The fourth-order valence-corrected chi connectivity index (χ4v) is 2.99. The summed E-state index contributed by atoms with van der Waals surface area (Å²) >= 11 is 0. The third-order valence-corrected chi connectivity index (χ3v) is 4.19. The zero-order valence-corrected chi connectivity index (χ0v) is 12.1. The lowest BCUT2D eigenvalue weighted by Crippen LogP contribution is -2.40. The van der Waals surface area contributed by atoms with Crippen LogP contribution in [0.25, 0.3) is 0 Å². The summed E-state index contributed by atoms with van der Waals surface area (Å²) in [5, 5.41) is 12.3. The predicted octanol–water partition coefficient (Wildman–Crippen LogP) is 3.45. The molecule has 1 fully saturated rings. The molecule has 0 radical (unpaired) electrons. The van der Waals surface area contributed by atoms with Crippen LogP contribution in [0, 0.1) is 17.2 Å². The number of nitriles is 1. The molecule has 0 aromatic heterocycles. The van der Waals surface area contributed by atoms with Crippen molar-refractivity contribution in [3.63, 3.8) is 0 Å². The Kier molecular flexibility index (Phi) is 5.17. The zero-order valence-electron chi connectivity index (χ0n) is 12.1. The van der Waals surface area contributed by atoms with E-state index in [9.17, 15) is 10.1 Å². The molecule has 1 saturated carbocycles. The lowest BCUT2D eigenvalue weighted by molar-refractivity contribution is 0.0928. The van der Waals surface area contributed by atoms with Crippen molar-refractivity contribution in [1.82, 2.24) is 5.32 Å². The molecule has 3 heteroatoms. The Morgan fingerprint density at radius 3 is 2.70 bits per heavy atom. The summed E-state index contributed by atoms with van der Waals surface area (Å²) in [4.78, 5) is 12.4. The van der Waals surface area contributed by atoms with Crippen molar-refractivity contribution in [3.05, 3.63) is 35.4 Å². The first-order chi connectivity index (χ1) is 9.76. The number of nitrogens with zero attached hydrogens (tertiary/aromatic N) is 1. The number of rotatable bonds is 4. The number of aryl methyl sites for hydroxylation is 1. The first kappa shape index (κ1) is 14.6. The predicted molar refractivity (Wildman–Crippen MR) is 79.3 cm³/mol. The first-order valence-electron chi connectivity index (χ1n) is 7.54. The summed E-state index contributed by atoms with van der Waals surface area (Å²) in [5.74, 6) is 0.200. The molecule has 1 aromatic rings. The summed E-state index contributed by atoms with van der Waals surface area (Å²) in [5.41, 5.74) is 1.73. The van der Waals surface area contributed by atoms with Crippen LogP contribution in [0.15, 0.2) is 24.3 Å². The summed E-state index contributed by atoms with van der Waals surface area (Å²) in [6.07, 6.45) is 6.52. The highest BCUT2D eigenvalue weighted by Crippen LogP contribution is 2.26. The molecule has 1 atom stereocenters. The van der Waals surface area contributed by atoms with Crippen molar-refractivity contribution in [3.8, 4) is 6.07 Å². The third-order valence-electron chi connectivity index (χ3n) is 4.19. The molecule has 0 heterocycles. The highest BCUT2D eigenvalue weighted by molar-refractivity contribution is 5.96. The van der Waals surface area contributed by atoms with Crippen molar-refractivity contribution in [2.45, 2.75) is 51.5 Å². The lowest BCUT2D eigenvalue weighted by Gasteiger charge is -2.26. The maximum atomic E-state index is 12.4. The third kappa shape index (κ3) is 3.39. The van der Waals surface area contributed by atoms with Crippen LogP contribution >= 0.6 is 0 Å². The average molecular weight is 270 g/mol. The Hall–Kier alpha value is -1.82. The minimum atomic E-state index is -0.354. The van der Waals surface area contributed by atoms with Crippen LogP contribution in [0.4, 0.5) is 0 Å². The van der Waals surface area contributed by atoms with Crippen molar-refractivity contribution in [2.75, 3.05) is 0 Å². The van der Waals surface area contributed by atoms with Gasteiger partial charge in [0, 0.05) is 5.56 Å². The highest BCUT2D eigenvalue weighted by Gasteiger charge is 2.25. The number of carbonyl (C=O) groups excluding carboxylic acids is 1. The number of hydrogen-bond donors (Lipinski definition) is 1. The number of amides is 1.